The van der Waals surface area contributed by atoms with Gasteiger partial charge in [-0.15, -0.1) is 0 Å². The topological polar surface area (TPSA) is 92.3 Å². The highest BCUT2D eigenvalue weighted by Crippen LogP contribution is 2.27. The Morgan fingerprint density at radius 2 is 1.32 bits per heavy atom. The lowest BCUT2D eigenvalue weighted by Crippen LogP contribution is -2.25. The number of rotatable bonds is 20. The predicted molar refractivity (Wildman–Crippen MR) is 136 cm³/mol. The Kier molecular flexibility index (Phi) is 16.9. The molecule has 0 aliphatic carbocycles. The summed E-state index contributed by atoms with van der Waals surface area (Å²) in [5.74, 6) is -5.99. The molecule has 0 fully saturated rings. The number of nitrogens with one attached hydrogen (secondary N) is 1. The van der Waals surface area contributed by atoms with E-state index in [2.05, 4.69) is 30.8 Å². The van der Waals surface area contributed by atoms with Crippen LogP contribution in [-0.4, -0.2) is 71.3 Å². The van der Waals surface area contributed by atoms with Crippen LogP contribution in [0.1, 0.15) is 58.4 Å². The molecule has 0 aliphatic heterocycles. The molecule has 8 nitrogen and oxygen atoms in total. The summed E-state index contributed by atoms with van der Waals surface area (Å²) in [6.45, 7) is 10.7. The van der Waals surface area contributed by atoms with Gasteiger partial charge in [0, 0.05) is 13.0 Å². The number of halogens is 3. The van der Waals surface area contributed by atoms with E-state index in [-0.39, 0.29) is 37.7 Å². The average Bonchev–Trinajstić information content (AvgIpc) is 2.84. The largest absolute Gasteiger partial charge is 0.420 e. The van der Waals surface area contributed by atoms with Gasteiger partial charge in [0.15, 0.2) is 11.6 Å². The molecule has 1 N–H and O–H groups in total. The van der Waals surface area contributed by atoms with Crippen molar-refractivity contribution in [1.82, 2.24) is 5.32 Å². The summed E-state index contributed by atoms with van der Waals surface area (Å²) < 4.78 is 66.7. The highest BCUT2D eigenvalue weighted by atomic mass is 19.2. The van der Waals surface area contributed by atoms with Crippen LogP contribution in [-0.2, 0) is 28.5 Å². The van der Waals surface area contributed by atoms with Crippen LogP contribution in [0, 0.1) is 29.8 Å². The summed E-state index contributed by atoms with van der Waals surface area (Å²) in [7, 11) is 0. The van der Waals surface area contributed by atoms with Gasteiger partial charge in [-0.05, 0) is 36.8 Å². The molecule has 0 aromatic heterocycles. The van der Waals surface area contributed by atoms with Crippen molar-refractivity contribution in [3.05, 3.63) is 29.1 Å². The zero-order valence-electron chi connectivity index (χ0n) is 23.0. The van der Waals surface area contributed by atoms with Gasteiger partial charge in [0.25, 0.3) is 0 Å². The van der Waals surface area contributed by atoms with Crippen molar-refractivity contribution in [2.75, 3.05) is 59.4 Å². The van der Waals surface area contributed by atoms with Crippen molar-refractivity contribution in [3.63, 3.8) is 0 Å². The molecule has 0 atom stereocenters. The first-order valence-electron chi connectivity index (χ1n) is 12.9. The Hall–Kier alpha value is -2.21. The minimum absolute atomic E-state index is 0.0151. The summed E-state index contributed by atoms with van der Waals surface area (Å²) in [6.07, 6.45) is 3.26. The lowest BCUT2D eigenvalue weighted by Gasteiger charge is -2.17. The third-order valence-corrected chi connectivity index (χ3v) is 5.23. The van der Waals surface area contributed by atoms with Crippen molar-refractivity contribution in [1.29, 1.82) is 0 Å². The number of unbranched alkanes of at least 4 members (excludes halogenated alkanes) is 1. The van der Waals surface area contributed by atoms with E-state index in [9.17, 15) is 22.8 Å². The molecule has 0 aliphatic rings. The molecule has 1 aromatic carbocycles. The normalized spacial score (nSPS) is 11.6. The second-order valence-corrected chi connectivity index (χ2v) is 9.92. The van der Waals surface area contributed by atoms with E-state index in [1.165, 1.54) is 6.92 Å². The summed E-state index contributed by atoms with van der Waals surface area (Å²) in [5, 5.41) is 2.90. The number of hydrogen-bond acceptors (Lipinski definition) is 7. The van der Waals surface area contributed by atoms with Crippen LogP contribution in [0.25, 0.3) is 0 Å². The first-order valence-corrected chi connectivity index (χ1v) is 12.9. The maximum absolute atomic E-state index is 13.8. The second kappa shape index (κ2) is 18.9. The Morgan fingerprint density at radius 3 is 1.87 bits per heavy atom. The number of carbonyl (C=O) groups excluding carboxylic acids is 2. The number of aryl methyl sites for hydroxylation is 1. The third kappa shape index (κ3) is 15.9. The number of benzene rings is 1. The zero-order valence-corrected chi connectivity index (χ0v) is 23.0. The Morgan fingerprint density at radius 1 is 0.789 bits per heavy atom. The first-order chi connectivity index (χ1) is 18.0. The second-order valence-electron chi connectivity index (χ2n) is 9.92. The maximum atomic E-state index is 13.8. The van der Waals surface area contributed by atoms with E-state index in [1.807, 2.05) is 0 Å². The molecule has 218 valence electrons. The van der Waals surface area contributed by atoms with Crippen LogP contribution in [0.15, 0.2) is 6.07 Å². The van der Waals surface area contributed by atoms with Crippen LogP contribution in [0.3, 0.4) is 0 Å². The van der Waals surface area contributed by atoms with Crippen molar-refractivity contribution < 1.29 is 46.4 Å². The van der Waals surface area contributed by atoms with Gasteiger partial charge in [0.1, 0.15) is 0 Å². The number of amides is 1. The zero-order chi connectivity index (χ0) is 28.4. The summed E-state index contributed by atoms with van der Waals surface area (Å²) in [6, 6.07) is 0.685. The van der Waals surface area contributed by atoms with E-state index >= 15 is 0 Å². The molecule has 11 heteroatoms. The van der Waals surface area contributed by atoms with Crippen LogP contribution < -0.4 is 10.1 Å². The minimum atomic E-state index is -1.55. The lowest BCUT2D eigenvalue weighted by molar-refractivity contribution is -0.136. The monoisotopic (exact) mass is 549 g/mol. The van der Waals surface area contributed by atoms with Crippen molar-refractivity contribution in [2.24, 2.45) is 5.41 Å². The van der Waals surface area contributed by atoms with Gasteiger partial charge in [-0.25, -0.2) is 8.78 Å². The lowest BCUT2D eigenvalue weighted by atomic mass is 9.90. The van der Waals surface area contributed by atoms with Crippen LogP contribution in [0.5, 0.6) is 5.75 Å². The van der Waals surface area contributed by atoms with E-state index < -0.39 is 29.2 Å². The fraction of sp³-hybridized carbons (Fsp3) is 0.704. The Labute approximate surface area is 223 Å². The molecule has 0 bridgehead atoms. The van der Waals surface area contributed by atoms with E-state index in [4.69, 9.17) is 18.9 Å². The van der Waals surface area contributed by atoms with Crippen molar-refractivity contribution in [3.8, 4) is 5.75 Å². The van der Waals surface area contributed by atoms with Crippen molar-refractivity contribution >= 4 is 11.9 Å². The van der Waals surface area contributed by atoms with Crippen LogP contribution in [0.2, 0.25) is 0 Å². The van der Waals surface area contributed by atoms with Gasteiger partial charge in [0.05, 0.1) is 59.3 Å². The highest BCUT2D eigenvalue weighted by molar-refractivity contribution is 5.75. The van der Waals surface area contributed by atoms with Gasteiger partial charge in [-0.2, -0.15) is 4.39 Å². The highest BCUT2D eigenvalue weighted by Gasteiger charge is 2.21. The quantitative estimate of drug-likeness (QED) is 0.111. The van der Waals surface area contributed by atoms with Gasteiger partial charge in [-0.3, -0.25) is 9.59 Å². The average molecular weight is 550 g/mol. The molecule has 0 heterocycles. The Bertz CT molecular complexity index is 821. The molecule has 1 aromatic rings. The number of esters is 1. The molecule has 0 spiro atoms. The minimum Gasteiger partial charge on any atom is -0.420 e. The molecule has 0 saturated carbocycles. The smallest absolute Gasteiger partial charge is 0.313 e. The van der Waals surface area contributed by atoms with Crippen molar-refractivity contribution in [2.45, 2.75) is 59.8 Å². The summed E-state index contributed by atoms with van der Waals surface area (Å²) >= 11 is 0. The predicted octanol–water partition coefficient (Wildman–Crippen LogP) is 4.50. The number of carbonyl (C=O) groups is 2. The fourth-order valence-electron chi connectivity index (χ4n) is 3.13. The molecule has 0 saturated heterocycles. The molecule has 0 radical (unpaired) electrons. The molecular formula is C27H42F3NO7. The molecule has 1 amide bonds. The third-order valence-electron chi connectivity index (χ3n) is 5.23. The molecule has 38 heavy (non-hydrogen) atoms. The van der Waals surface area contributed by atoms with Crippen LogP contribution >= 0.6 is 0 Å². The molecule has 0 unspecified atom stereocenters. The van der Waals surface area contributed by atoms with E-state index in [0.29, 0.717) is 57.5 Å². The van der Waals surface area contributed by atoms with Gasteiger partial charge >= 0.3 is 5.97 Å². The van der Waals surface area contributed by atoms with Crippen LogP contribution in [0.4, 0.5) is 13.2 Å². The number of hydrogen-bond donors (Lipinski definition) is 1. The maximum Gasteiger partial charge on any atom is 0.313 e. The SMILES string of the molecule is Cc1cc(F)c(F)c(OC(=O)CCOCCOCCOCCOCCC(=O)NCCCCC(C)(C)C)c1F. The standard InChI is InChI=1S/C27H42F3NO7/c1-20-19-21(28)25(30)26(24(20)29)38-23(33)8-12-35-14-16-37-18-17-36-15-13-34-11-7-22(32)31-10-6-5-9-27(2,3)4/h19H,5-18H2,1-4H3,(H,31,32). The Balaban J connectivity index is 1.90. The van der Waals surface area contributed by atoms with Gasteiger partial charge < -0.3 is 29.0 Å². The first kappa shape index (κ1) is 33.8. The van der Waals surface area contributed by atoms with E-state index in [0.717, 1.165) is 19.3 Å². The fourth-order valence-corrected chi connectivity index (χ4v) is 3.13. The van der Waals surface area contributed by atoms with Gasteiger partial charge in [0.2, 0.25) is 17.5 Å². The number of ether oxygens (including phenoxy) is 5. The molecular weight excluding hydrogens is 507 g/mol. The van der Waals surface area contributed by atoms with E-state index in [1.54, 1.807) is 0 Å². The summed E-state index contributed by atoms with van der Waals surface area (Å²) in [5.41, 5.74) is 0.149. The summed E-state index contributed by atoms with van der Waals surface area (Å²) in [4.78, 5) is 23.5. The molecule has 1 rings (SSSR count). The van der Waals surface area contributed by atoms with Gasteiger partial charge in [-0.1, -0.05) is 27.2 Å².